The molecule has 2 atom stereocenters. The Morgan fingerprint density at radius 3 is 2.36 bits per heavy atom. The van der Waals surface area contributed by atoms with Crippen molar-refractivity contribution in [2.75, 3.05) is 13.2 Å². The molecule has 0 bridgehead atoms. The normalized spacial score (nSPS) is 19.7. The Morgan fingerprint density at radius 1 is 1.18 bits per heavy atom. The van der Waals surface area contributed by atoms with Crippen LogP contribution in [0.3, 0.4) is 0 Å². The predicted octanol–water partition coefficient (Wildman–Crippen LogP) is 5.43. The van der Waals surface area contributed by atoms with Gasteiger partial charge in [0.2, 0.25) is 0 Å². The first-order chi connectivity index (χ1) is 15.5. The Balaban J connectivity index is 1.73. The number of cyclic esters (lactones) is 1. The minimum absolute atomic E-state index is 0.0349. The first-order valence-corrected chi connectivity index (χ1v) is 10.3. The highest BCUT2D eigenvalue weighted by Crippen LogP contribution is 2.40. The van der Waals surface area contributed by atoms with E-state index in [1.165, 1.54) is 41.3 Å². The average Bonchev–Trinajstić information content (AvgIpc) is 2.76. The topological polar surface area (TPSA) is 76.1 Å². The molecule has 1 aliphatic rings. The summed E-state index contributed by atoms with van der Waals surface area (Å²) < 4.78 is 60.8. The summed E-state index contributed by atoms with van der Waals surface area (Å²) in [6.45, 7) is 0.584. The van der Waals surface area contributed by atoms with Crippen LogP contribution in [-0.2, 0) is 15.1 Å². The number of carboxylic acids is 1. The van der Waals surface area contributed by atoms with Gasteiger partial charge in [-0.2, -0.15) is 13.2 Å². The Morgan fingerprint density at radius 2 is 1.82 bits per heavy atom. The summed E-state index contributed by atoms with van der Waals surface area (Å²) in [5, 5.41) is 9.13. The molecule has 33 heavy (non-hydrogen) atoms. The molecule has 1 heterocycles. The van der Waals surface area contributed by atoms with E-state index in [1.807, 2.05) is 0 Å². The molecule has 1 aliphatic heterocycles. The quantitative estimate of drug-likeness (QED) is 0.522. The Bertz CT molecular complexity index is 978. The van der Waals surface area contributed by atoms with Crippen molar-refractivity contribution in [3.63, 3.8) is 0 Å². The molecule has 0 aromatic heterocycles. The lowest BCUT2D eigenvalue weighted by molar-refractivity contribution is -0.153. The maximum Gasteiger partial charge on any atom is 0.422 e. The van der Waals surface area contributed by atoms with Crippen molar-refractivity contribution in [3.05, 3.63) is 65.5 Å². The zero-order valence-electron chi connectivity index (χ0n) is 17.8. The zero-order valence-corrected chi connectivity index (χ0v) is 17.8. The molecule has 1 fully saturated rings. The SMILES string of the molecule is C[C@@H](c1ccc(OCC(F)(F)F)cc1)N1CC[C@@](CCC(=O)O)(c2ccc(F)cc2)OC1=O. The van der Waals surface area contributed by atoms with Crippen LogP contribution in [0.4, 0.5) is 22.4 Å². The fraction of sp³-hybridized carbons (Fsp3) is 0.391. The third-order valence-electron chi connectivity index (χ3n) is 5.62. The van der Waals surface area contributed by atoms with E-state index in [0.717, 1.165) is 0 Å². The summed E-state index contributed by atoms with van der Waals surface area (Å²) >= 11 is 0. The van der Waals surface area contributed by atoms with Crippen molar-refractivity contribution in [3.8, 4) is 5.75 Å². The van der Waals surface area contributed by atoms with Gasteiger partial charge in [-0.15, -0.1) is 0 Å². The van der Waals surface area contributed by atoms with E-state index in [4.69, 9.17) is 14.6 Å². The maximum atomic E-state index is 13.4. The molecular formula is C23H23F4NO5. The molecular weight excluding hydrogens is 446 g/mol. The number of benzene rings is 2. The van der Waals surface area contributed by atoms with Crippen LogP contribution in [-0.4, -0.2) is 41.4 Å². The number of hydrogen-bond acceptors (Lipinski definition) is 4. The Labute approximate surface area is 187 Å². The number of amides is 1. The standard InChI is InChI=1S/C23H23F4NO5/c1-15(16-2-8-19(9-3-16)32-14-23(25,26)27)28-13-12-22(33-21(28)31,11-10-20(29)30)17-4-6-18(24)7-5-17/h2-9,15H,10-14H2,1H3,(H,29,30)/t15-,22-/m0/s1. The summed E-state index contributed by atoms with van der Waals surface area (Å²) in [5.74, 6) is -1.46. The number of rotatable bonds is 8. The largest absolute Gasteiger partial charge is 0.484 e. The molecule has 2 aromatic rings. The number of carbonyl (C=O) groups is 2. The monoisotopic (exact) mass is 469 g/mol. The van der Waals surface area contributed by atoms with E-state index in [1.54, 1.807) is 19.1 Å². The summed E-state index contributed by atoms with van der Waals surface area (Å²) in [4.78, 5) is 25.5. The lowest BCUT2D eigenvalue weighted by Crippen LogP contribution is -2.49. The Kier molecular flexibility index (Phi) is 7.14. The van der Waals surface area contributed by atoms with Gasteiger partial charge in [0.25, 0.3) is 0 Å². The van der Waals surface area contributed by atoms with E-state index in [0.29, 0.717) is 11.1 Å². The van der Waals surface area contributed by atoms with Gasteiger partial charge in [0, 0.05) is 25.8 Å². The number of carbonyl (C=O) groups excluding carboxylic acids is 1. The molecule has 1 amide bonds. The number of halogens is 4. The number of hydrogen-bond donors (Lipinski definition) is 1. The van der Waals surface area contributed by atoms with Crippen LogP contribution in [0.15, 0.2) is 48.5 Å². The van der Waals surface area contributed by atoms with Crippen molar-refractivity contribution >= 4 is 12.1 Å². The molecule has 6 nitrogen and oxygen atoms in total. The van der Waals surface area contributed by atoms with Gasteiger partial charge in [0.05, 0.1) is 6.04 Å². The first kappa shape index (κ1) is 24.3. The molecule has 1 N–H and O–H groups in total. The molecule has 178 valence electrons. The average molecular weight is 469 g/mol. The highest BCUT2D eigenvalue weighted by atomic mass is 19.4. The second kappa shape index (κ2) is 9.68. The van der Waals surface area contributed by atoms with Crippen LogP contribution >= 0.6 is 0 Å². The summed E-state index contributed by atoms with van der Waals surface area (Å²) in [7, 11) is 0. The van der Waals surface area contributed by atoms with Crippen LogP contribution in [0.25, 0.3) is 0 Å². The van der Waals surface area contributed by atoms with Crippen molar-refractivity contribution < 1.29 is 41.7 Å². The number of ether oxygens (including phenoxy) is 2. The van der Waals surface area contributed by atoms with E-state index in [9.17, 15) is 27.2 Å². The van der Waals surface area contributed by atoms with Crippen molar-refractivity contribution in [1.82, 2.24) is 4.90 Å². The highest BCUT2D eigenvalue weighted by Gasteiger charge is 2.43. The molecule has 0 radical (unpaired) electrons. The third-order valence-corrected chi connectivity index (χ3v) is 5.62. The minimum atomic E-state index is -4.44. The van der Waals surface area contributed by atoms with Gasteiger partial charge in [-0.3, -0.25) is 4.79 Å². The van der Waals surface area contributed by atoms with Gasteiger partial charge in [-0.1, -0.05) is 24.3 Å². The van der Waals surface area contributed by atoms with Crippen molar-refractivity contribution in [2.45, 2.75) is 44.0 Å². The number of aliphatic carboxylic acids is 1. The Hall–Kier alpha value is -3.30. The van der Waals surface area contributed by atoms with Gasteiger partial charge in [-0.05, 0) is 42.3 Å². The van der Waals surface area contributed by atoms with Crippen LogP contribution in [0, 0.1) is 5.82 Å². The molecule has 10 heteroatoms. The van der Waals surface area contributed by atoms with E-state index in [-0.39, 0.29) is 31.6 Å². The van der Waals surface area contributed by atoms with Crippen LogP contribution in [0.2, 0.25) is 0 Å². The molecule has 0 unspecified atom stereocenters. The van der Waals surface area contributed by atoms with Crippen LogP contribution in [0.1, 0.15) is 43.4 Å². The zero-order chi connectivity index (χ0) is 24.2. The second-order valence-electron chi connectivity index (χ2n) is 7.86. The van der Waals surface area contributed by atoms with Crippen molar-refractivity contribution in [2.24, 2.45) is 0 Å². The molecule has 0 spiro atoms. The molecule has 2 aromatic carbocycles. The molecule has 0 saturated carbocycles. The van der Waals surface area contributed by atoms with Gasteiger partial charge < -0.3 is 19.5 Å². The highest BCUT2D eigenvalue weighted by molar-refractivity contribution is 5.71. The van der Waals surface area contributed by atoms with E-state index < -0.39 is 42.3 Å². The minimum Gasteiger partial charge on any atom is -0.484 e. The van der Waals surface area contributed by atoms with Gasteiger partial charge in [-0.25, -0.2) is 9.18 Å². The third kappa shape index (κ3) is 6.15. The fourth-order valence-corrected chi connectivity index (χ4v) is 3.79. The molecule has 1 saturated heterocycles. The summed E-state index contributed by atoms with van der Waals surface area (Å²) in [6, 6.07) is 10.9. The smallest absolute Gasteiger partial charge is 0.422 e. The van der Waals surface area contributed by atoms with Gasteiger partial charge in [0.15, 0.2) is 6.61 Å². The lowest BCUT2D eigenvalue weighted by atomic mass is 9.84. The summed E-state index contributed by atoms with van der Waals surface area (Å²) in [6.07, 6.45) is -5.02. The van der Waals surface area contributed by atoms with Gasteiger partial charge in [0.1, 0.15) is 17.2 Å². The molecule has 0 aliphatic carbocycles. The second-order valence-corrected chi connectivity index (χ2v) is 7.86. The predicted molar refractivity (Wildman–Crippen MR) is 109 cm³/mol. The maximum absolute atomic E-state index is 13.4. The van der Waals surface area contributed by atoms with Crippen LogP contribution in [0.5, 0.6) is 5.75 Å². The number of nitrogens with zero attached hydrogens (tertiary/aromatic N) is 1. The number of carboxylic acid groups (broad SMARTS) is 1. The van der Waals surface area contributed by atoms with Crippen LogP contribution < -0.4 is 4.74 Å². The fourth-order valence-electron chi connectivity index (χ4n) is 3.79. The van der Waals surface area contributed by atoms with E-state index >= 15 is 0 Å². The first-order valence-electron chi connectivity index (χ1n) is 10.3. The van der Waals surface area contributed by atoms with Gasteiger partial charge >= 0.3 is 18.2 Å². The summed E-state index contributed by atoms with van der Waals surface area (Å²) in [5.41, 5.74) is -0.0302. The lowest BCUT2D eigenvalue weighted by Gasteiger charge is -2.43. The number of alkyl halides is 3. The van der Waals surface area contributed by atoms with Crippen molar-refractivity contribution in [1.29, 1.82) is 0 Å². The van der Waals surface area contributed by atoms with E-state index in [2.05, 4.69) is 0 Å². The molecule has 3 rings (SSSR count).